The molecular weight excluding hydrogens is 464 g/mol. The molecule has 7 heteroatoms. The first kappa shape index (κ1) is 37.4. The summed E-state index contributed by atoms with van der Waals surface area (Å²) in [6.07, 6.45) is 3.52. The number of fused-ring (bicyclic) bond motifs is 1. The van der Waals surface area contributed by atoms with Crippen LogP contribution in [0.5, 0.6) is 0 Å². The summed E-state index contributed by atoms with van der Waals surface area (Å²) in [5.41, 5.74) is 2.97. The molecule has 0 spiro atoms. The number of Topliss-reactive ketones (excluding diaryl/α,β-unsaturated/α-hetero) is 1. The van der Waals surface area contributed by atoms with Crippen molar-refractivity contribution in [3.63, 3.8) is 0 Å². The fraction of sp³-hybridized carbons (Fsp3) is 0.625. The molecule has 178 valence electrons. The quantitative estimate of drug-likeness (QED) is 0.259. The summed E-state index contributed by atoms with van der Waals surface area (Å²) in [6.45, 7) is 33.4. The SMILES string of the molecule is CC(C)(C)[Si](C)(C)C1=C2CCCC2=C([Si](C)(C)C(C)(C)C)C1=O.[CH-]=O.[CH-]=O.[CH-]=O.[CH3-].[Fe+4]. The number of carbonyl (C=O) groups is 1. The zero-order valence-corrected chi connectivity index (χ0v) is 24.4. The third kappa shape index (κ3) is 7.05. The molecule has 2 aliphatic rings. The van der Waals surface area contributed by atoms with Crippen LogP contribution in [0.2, 0.25) is 36.3 Å². The van der Waals surface area contributed by atoms with Crippen LogP contribution in [0.4, 0.5) is 0 Å². The van der Waals surface area contributed by atoms with E-state index in [4.69, 9.17) is 14.4 Å². The van der Waals surface area contributed by atoms with Crippen molar-refractivity contribution in [2.24, 2.45) is 0 Å². The number of carbonyl (C=O) groups excluding carboxylic acids is 4. The van der Waals surface area contributed by atoms with E-state index in [-0.39, 0.29) is 34.6 Å². The largest absolute Gasteiger partial charge is 4.00 e. The maximum Gasteiger partial charge on any atom is 4.00 e. The van der Waals surface area contributed by atoms with Crippen molar-refractivity contribution in [3.05, 3.63) is 29.0 Å². The van der Waals surface area contributed by atoms with Gasteiger partial charge in [-0.05, 0) is 50.9 Å². The Labute approximate surface area is 204 Å². The second-order valence-electron chi connectivity index (χ2n) is 10.6. The van der Waals surface area contributed by atoms with Crippen molar-refractivity contribution in [3.8, 4) is 0 Å². The molecule has 0 aliphatic heterocycles. The Morgan fingerprint density at radius 3 is 1.06 bits per heavy atom. The number of ketones is 1. The van der Waals surface area contributed by atoms with Crippen LogP contribution in [0.25, 0.3) is 0 Å². The molecule has 0 atom stereocenters. The zero-order chi connectivity index (χ0) is 24.0. The number of hydrogen-bond acceptors (Lipinski definition) is 4. The van der Waals surface area contributed by atoms with Crippen molar-refractivity contribution in [2.45, 2.75) is 97.1 Å². The minimum absolute atomic E-state index is 0. The molecule has 4 nitrogen and oxygen atoms in total. The molecule has 1 fully saturated rings. The molecule has 0 amide bonds. The van der Waals surface area contributed by atoms with Gasteiger partial charge in [-0.15, -0.1) is 0 Å². The maximum atomic E-state index is 13.7. The Hall–Kier alpha value is -0.887. The first-order valence-electron chi connectivity index (χ1n) is 9.87. The smallest absolute Gasteiger partial charge is 0.545 e. The Morgan fingerprint density at radius 1 is 0.645 bits per heavy atom. The monoisotopic (exact) mass is 506 g/mol. The zero-order valence-electron chi connectivity index (χ0n) is 21.3. The van der Waals surface area contributed by atoms with Crippen LogP contribution < -0.4 is 0 Å². The summed E-state index contributed by atoms with van der Waals surface area (Å²) in [5, 5.41) is 3.03. The van der Waals surface area contributed by atoms with Gasteiger partial charge >= 0.3 is 17.1 Å². The second kappa shape index (κ2) is 13.6. The van der Waals surface area contributed by atoms with Crippen LogP contribution in [-0.4, -0.2) is 42.3 Å². The van der Waals surface area contributed by atoms with E-state index in [2.05, 4.69) is 88.1 Å². The summed E-state index contributed by atoms with van der Waals surface area (Å²) in [7, 11) is -3.58. The summed E-state index contributed by atoms with van der Waals surface area (Å²) < 4.78 is 0. The fourth-order valence-corrected chi connectivity index (χ4v) is 8.84. The third-order valence-electron chi connectivity index (χ3n) is 7.28. The topological polar surface area (TPSA) is 68.3 Å². The van der Waals surface area contributed by atoms with Gasteiger partial charge < -0.3 is 21.8 Å². The van der Waals surface area contributed by atoms with Gasteiger partial charge in [-0.25, -0.2) is 0 Å². The molecule has 0 unspecified atom stereocenters. The van der Waals surface area contributed by atoms with Gasteiger partial charge in [0.05, 0.1) is 16.1 Å². The van der Waals surface area contributed by atoms with E-state index >= 15 is 0 Å². The molecule has 0 bridgehead atoms. The van der Waals surface area contributed by atoms with E-state index in [9.17, 15) is 4.79 Å². The predicted molar refractivity (Wildman–Crippen MR) is 134 cm³/mol. The summed E-state index contributed by atoms with van der Waals surface area (Å²) in [5.74, 6) is 0.466. The Morgan fingerprint density at radius 2 is 0.871 bits per heavy atom. The molecule has 1 saturated carbocycles. The van der Waals surface area contributed by atoms with Gasteiger partial charge in [-0.3, -0.25) is 25.2 Å². The van der Waals surface area contributed by atoms with Crippen molar-refractivity contribution >= 4 is 42.3 Å². The van der Waals surface area contributed by atoms with Crippen molar-refractivity contribution < 1.29 is 36.2 Å². The van der Waals surface area contributed by atoms with E-state index in [1.807, 2.05) is 0 Å². The molecule has 31 heavy (non-hydrogen) atoms. The molecule has 2 rings (SSSR count). The number of rotatable bonds is 2. The standard InChI is InChI=1S/C20H36OSi2.3CHO.CH3.Fe/c1-19(2,3)22(7,8)17-14-12-11-13-15(14)18(16(17)21)23(9,10)20(4,5)6;3*1-2;;/h11-13H2,1-10H3;3*1H;1H3;/q;4*-1;+4. The van der Waals surface area contributed by atoms with Crippen LogP contribution in [0, 0.1) is 7.43 Å². The van der Waals surface area contributed by atoms with Crippen LogP contribution >= 0.6 is 0 Å². The van der Waals surface area contributed by atoms with E-state index in [1.165, 1.54) is 28.0 Å². The molecule has 0 heterocycles. The molecule has 0 saturated heterocycles. The van der Waals surface area contributed by atoms with Crippen LogP contribution in [-0.2, 0) is 36.2 Å². The van der Waals surface area contributed by atoms with Crippen LogP contribution in [0.1, 0.15) is 60.8 Å². The number of allylic oxidation sites excluding steroid dienone is 4. The average molecular weight is 507 g/mol. The Bertz CT molecular complexity index is 609. The third-order valence-corrected chi connectivity index (χ3v) is 18.3. The van der Waals surface area contributed by atoms with Crippen LogP contribution in [0.15, 0.2) is 21.5 Å². The van der Waals surface area contributed by atoms with E-state index in [0.717, 1.165) is 12.8 Å². The molecule has 0 aromatic rings. The van der Waals surface area contributed by atoms with E-state index in [0.29, 0.717) is 5.78 Å². The average Bonchev–Trinajstić information content (AvgIpc) is 3.17. The Balaban J connectivity index is -0.000000419. The predicted octanol–water partition coefficient (Wildman–Crippen LogP) is 6.07. The first-order chi connectivity index (χ1) is 13.1. The summed E-state index contributed by atoms with van der Waals surface area (Å²) in [4.78, 5) is 36.9. The summed E-state index contributed by atoms with van der Waals surface area (Å²) >= 11 is 0. The van der Waals surface area contributed by atoms with Gasteiger partial charge in [-0.1, -0.05) is 67.7 Å². The van der Waals surface area contributed by atoms with Gasteiger partial charge in [0.25, 0.3) is 0 Å². The molecular formula is C24H42FeO4Si2. The maximum absolute atomic E-state index is 13.7. The minimum atomic E-state index is -1.79. The molecule has 0 aromatic carbocycles. The normalized spacial score (nSPS) is 15.7. The Kier molecular flexibility index (Phi) is 16.4. The van der Waals surface area contributed by atoms with Gasteiger partial charge in [0.15, 0.2) is 5.78 Å². The van der Waals surface area contributed by atoms with E-state index < -0.39 is 16.1 Å². The van der Waals surface area contributed by atoms with Gasteiger partial charge in [0.2, 0.25) is 0 Å². The number of hydrogen-bond donors (Lipinski definition) is 0. The van der Waals surface area contributed by atoms with Crippen LogP contribution in [0.3, 0.4) is 0 Å². The van der Waals surface area contributed by atoms with Crippen molar-refractivity contribution in [2.75, 3.05) is 0 Å². The summed E-state index contributed by atoms with van der Waals surface area (Å²) in [6, 6.07) is 0. The fourth-order valence-electron chi connectivity index (χ4n) is 3.77. The van der Waals surface area contributed by atoms with Gasteiger partial charge in [0.1, 0.15) is 0 Å². The van der Waals surface area contributed by atoms with Crippen molar-refractivity contribution in [1.29, 1.82) is 0 Å². The van der Waals surface area contributed by atoms with E-state index in [1.54, 1.807) is 0 Å². The van der Waals surface area contributed by atoms with Gasteiger partial charge in [-0.2, -0.15) is 0 Å². The molecule has 0 radical (unpaired) electrons. The molecule has 0 aromatic heterocycles. The second-order valence-corrected chi connectivity index (χ2v) is 21.1. The minimum Gasteiger partial charge on any atom is -0.545 e. The van der Waals surface area contributed by atoms with Gasteiger partial charge in [0, 0.05) is 0 Å². The molecule has 0 N–H and O–H groups in total. The molecule has 2 aliphatic carbocycles. The van der Waals surface area contributed by atoms with Crippen molar-refractivity contribution in [1.82, 2.24) is 0 Å². The first-order valence-corrected chi connectivity index (χ1v) is 15.9.